The molecule has 0 radical (unpaired) electrons. The second-order valence-corrected chi connectivity index (χ2v) is 13.6. The topological polar surface area (TPSA) is 75.9 Å². The minimum absolute atomic E-state index is 0.0869. The zero-order chi connectivity index (χ0) is 17.6. The highest BCUT2D eigenvalue weighted by molar-refractivity contribution is 6.76. The van der Waals surface area contributed by atoms with Gasteiger partial charge in [-0.2, -0.15) is 0 Å². The minimum Gasteiger partial charge on any atom is -0.450 e. The number of ether oxygens (including phenoxy) is 1. The van der Waals surface area contributed by atoms with Gasteiger partial charge in [-0.05, 0) is 24.8 Å². The number of piperidine rings is 1. The minimum atomic E-state index is -1.19. The summed E-state index contributed by atoms with van der Waals surface area (Å²) in [7, 11) is 2.38. The lowest BCUT2D eigenvalue weighted by Crippen LogP contribution is -2.43. The van der Waals surface area contributed by atoms with Gasteiger partial charge in [0.2, 0.25) is 5.91 Å². The normalized spacial score (nSPS) is 20.3. The number of hydrogen-bond acceptors (Lipinski definition) is 4. The number of amides is 2. The van der Waals surface area contributed by atoms with Crippen molar-refractivity contribution in [1.82, 2.24) is 9.80 Å². The summed E-state index contributed by atoms with van der Waals surface area (Å²) in [6, 6.07) is 0.886. The summed E-state index contributed by atoms with van der Waals surface area (Å²) in [5.74, 6) is 0.627. The van der Waals surface area contributed by atoms with E-state index in [0.717, 1.165) is 25.4 Å². The van der Waals surface area contributed by atoms with E-state index in [2.05, 4.69) is 19.6 Å². The highest BCUT2D eigenvalue weighted by Crippen LogP contribution is 2.20. The average Bonchev–Trinajstić information content (AvgIpc) is 2.41. The van der Waals surface area contributed by atoms with E-state index in [0.29, 0.717) is 25.5 Å². The number of nitrogens with zero attached hydrogens (tertiary/aromatic N) is 2. The Labute approximate surface area is 141 Å². The fourth-order valence-electron chi connectivity index (χ4n) is 2.77. The zero-order valence-corrected chi connectivity index (χ0v) is 16.3. The van der Waals surface area contributed by atoms with Gasteiger partial charge in [0.25, 0.3) is 0 Å². The van der Waals surface area contributed by atoms with Crippen LogP contribution in [0, 0.1) is 5.92 Å². The van der Waals surface area contributed by atoms with Crippen molar-refractivity contribution in [3.63, 3.8) is 0 Å². The van der Waals surface area contributed by atoms with Crippen LogP contribution in [0.2, 0.25) is 25.7 Å². The van der Waals surface area contributed by atoms with Gasteiger partial charge in [-0.25, -0.2) is 4.79 Å². The molecule has 2 atom stereocenters. The number of likely N-dealkylation sites (N-methyl/N-ethyl adjacent to an activating group) is 1. The molecule has 1 rings (SSSR count). The van der Waals surface area contributed by atoms with E-state index >= 15 is 0 Å². The molecule has 1 fully saturated rings. The molecule has 1 heterocycles. The van der Waals surface area contributed by atoms with Gasteiger partial charge in [0.1, 0.15) is 0 Å². The van der Waals surface area contributed by atoms with Crippen LogP contribution in [0.4, 0.5) is 4.79 Å². The molecule has 7 heteroatoms. The summed E-state index contributed by atoms with van der Waals surface area (Å²) in [5.41, 5.74) is 6.18. The Hall–Kier alpha value is -1.08. The molecule has 1 aliphatic heterocycles. The van der Waals surface area contributed by atoms with E-state index in [-0.39, 0.29) is 18.0 Å². The molecule has 2 amide bonds. The molecule has 0 bridgehead atoms. The van der Waals surface area contributed by atoms with E-state index in [1.54, 1.807) is 16.8 Å². The molecule has 0 spiro atoms. The molecule has 2 N–H and O–H groups in total. The molecule has 1 saturated heterocycles. The highest BCUT2D eigenvalue weighted by atomic mass is 28.3. The SMILES string of the molecule is CN1C[C@@H](C[C@H](N)CN(C)C(=O)OCC[Si](C)(C)C)CCC1=O. The van der Waals surface area contributed by atoms with Crippen molar-refractivity contribution in [3.8, 4) is 0 Å². The van der Waals surface area contributed by atoms with Crippen LogP contribution in [-0.4, -0.2) is 69.7 Å². The van der Waals surface area contributed by atoms with E-state index in [1.165, 1.54) is 0 Å². The van der Waals surface area contributed by atoms with Crippen LogP contribution in [0.3, 0.4) is 0 Å². The summed E-state index contributed by atoms with van der Waals surface area (Å²) in [5, 5.41) is 0. The Morgan fingerprint density at radius 3 is 2.70 bits per heavy atom. The van der Waals surface area contributed by atoms with Gasteiger partial charge in [-0.15, -0.1) is 0 Å². The Morgan fingerprint density at radius 2 is 2.13 bits per heavy atom. The van der Waals surface area contributed by atoms with Crippen molar-refractivity contribution < 1.29 is 14.3 Å². The molecular weight excluding hydrogens is 310 g/mol. The third-order valence-electron chi connectivity index (χ3n) is 4.26. The Bertz CT molecular complexity index is 412. The number of carbonyl (C=O) groups excluding carboxylic acids is 2. The summed E-state index contributed by atoms with van der Waals surface area (Å²) >= 11 is 0. The van der Waals surface area contributed by atoms with E-state index < -0.39 is 8.07 Å². The van der Waals surface area contributed by atoms with Crippen LogP contribution in [-0.2, 0) is 9.53 Å². The third-order valence-corrected chi connectivity index (χ3v) is 5.96. The van der Waals surface area contributed by atoms with E-state index in [9.17, 15) is 9.59 Å². The van der Waals surface area contributed by atoms with Crippen LogP contribution in [0.1, 0.15) is 19.3 Å². The number of likely N-dealkylation sites (tertiary alicyclic amines) is 1. The maximum Gasteiger partial charge on any atom is 0.409 e. The summed E-state index contributed by atoms with van der Waals surface area (Å²) in [6.45, 7) is 8.51. The van der Waals surface area contributed by atoms with Crippen LogP contribution >= 0.6 is 0 Å². The van der Waals surface area contributed by atoms with Gasteiger partial charge in [0, 0.05) is 47.7 Å². The first-order valence-electron chi connectivity index (χ1n) is 8.46. The molecule has 0 aromatic rings. The molecule has 1 aliphatic rings. The lowest BCUT2D eigenvalue weighted by atomic mass is 9.91. The quantitative estimate of drug-likeness (QED) is 0.717. The Morgan fingerprint density at radius 1 is 1.48 bits per heavy atom. The Balaban J connectivity index is 2.28. The smallest absolute Gasteiger partial charge is 0.409 e. The van der Waals surface area contributed by atoms with Gasteiger partial charge in [-0.3, -0.25) is 4.79 Å². The number of carbonyl (C=O) groups is 2. The fourth-order valence-corrected chi connectivity index (χ4v) is 3.49. The molecule has 0 aliphatic carbocycles. The molecule has 0 saturated carbocycles. The van der Waals surface area contributed by atoms with Crippen molar-refractivity contribution in [2.75, 3.05) is 33.8 Å². The first-order valence-corrected chi connectivity index (χ1v) is 12.2. The average molecular weight is 344 g/mol. The number of hydrogen-bond donors (Lipinski definition) is 1. The van der Waals surface area contributed by atoms with Crippen molar-refractivity contribution >= 4 is 20.1 Å². The third kappa shape index (κ3) is 7.83. The van der Waals surface area contributed by atoms with Crippen molar-refractivity contribution in [2.45, 2.75) is 51.0 Å². The standard InChI is InChI=1S/C16H33N3O3Si/c1-18-11-13(6-7-15(18)20)10-14(17)12-19(2)16(21)22-8-9-23(3,4)5/h13-14H,6-12,17H2,1-5H3/t13-,14+/m1/s1. The maximum absolute atomic E-state index is 12.0. The van der Waals surface area contributed by atoms with Crippen LogP contribution in [0.15, 0.2) is 0 Å². The second-order valence-electron chi connectivity index (χ2n) is 7.98. The van der Waals surface area contributed by atoms with Crippen LogP contribution < -0.4 is 5.73 Å². The molecule has 6 nitrogen and oxygen atoms in total. The van der Waals surface area contributed by atoms with E-state index in [1.807, 2.05) is 7.05 Å². The van der Waals surface area contributed by atoms with Gasteiger partial charge >= 0.3 is 6.09 Å². The van der Waals surface area contributed by atoms with Gasteiger partial charge in [0.05, 0.1) is 6.61 Å². The first-order chi connectivity index (χ1) is 10.6. The summed E-state index contributed by atoms with van der Waals surface area (Å²) in [4.78, 5) is 26.8. The predicted octanol–water partition coefficient (Wildman–Crippen LogP) is 1.98. The largest absolute Gasteiger partial charge is 0.450 e. The van der Waals surface area contributed by atoms with E-state index in [4.69, 9.17) is 10.5 Å². The highest BCUT2D eigenvalue weighted by Gasteiger charge is 2.25. The van der Waals surface area contributed by atoms with Gasteiger partial charge < -0.3 is 20.3 Å². The van der Waals surface area contributed by atoms with Crippen LogP contribution in [0.5, 0.6) is 0 Å². The lowest BCUT2D eigenvalue weighted by molar-refractivity contribution is -0.133. The van der Waals surface area contributed by atoms with Crippen LogP contribution in [0.25, 0.3) is 0 Å². The predicted molar refractivity (Wildman–Crippen MR) is 95.1 cm³/mol. The monoisotopic (exact) mass is 343 g/mol. The van der Waals surface area contributed by atoms with Crippen molar-refractivity contribution in [3.05, 3.63) is 0 Å². The number of rotatable bonds is 7. The maximum atomic E-state index is 12.0. The Kier molecular flexibility index (Phi) is 7.53. The van der Waals surface area contributed by atoms with Crippen molar-refractivity contribution in [1.29, 1.82) is 0 Å². The molecule has 0 aromatic carbocycles. The van der Waals surface area contributed by atoms with Gasteiger partial charge in [0.15, 0.2) is 0 Å². The zero-order valence-electron chi connectivity index (χ0n) is 15.3. The first kappa shape index (κ1) is 20.0. The molecule has 0 unspecified atom stereocenters. The molecule has 134 valence electrons. The second kappa shape index (κ2) is 8.68. The fraction of sp³-hybridized carbons (Fsp3) is 0.875. The lowest BCUT2D eigenvalue weighted by Gasteiger charge is -2.32. The molecule has 0 aromatic heterocycles. The summed E-state index contributed by atoms with van der Waals surface area (Å²) in [6.07, 6.45) is 2.02. The summed E-state index contributed by atoms with van der Waals surface area (Å²) < 4.78 is 5.32. The van der Waals surface area contributed by atoms with Gasteiger partial charge in [-0.1, -0.05) is 19.6 Å². The van der Waals surface area contributed by atoms with Crippen molar-refractivity contribution in [2.24, 2.45) is 11.7 Å². The number of nitrogens with two attached hydrogens (primary N) is 1. The molecular formula is C16H33N3O3Si. The molecule has 23 heavy (non-hydrogen) atoms.